The summed E-state index contributed by atoms with van der Waals surface area (Å²) in [5.74, 6) is 0.749. The Morgan fingerprint density at radius 1 is 1.40 bits per heavy atom. The number of anilines is 1. The Balaban J connectivity index is 2.27. The van der Waals surface area contributed by atoms with Crippen LogP contribution in [0.5, 0.6) is 5.75 Å². The lowest BCUT2D eigenvalue weighted by Crippen LogP contribution is -2.44. The van der Waals surface area contributed by atoms with Crippen LogP contribution in [-0.2, 0) is 20.7 Å². The number of amides is 1. The Hall–Kier alpha value is -2.24. The summed E-state index contributed by atoms with van der Waals surface area (Å²) in [5, 5.41) is 3.23. The lowest BCUT2D eigenvalue weighted by molar-refractivity contribution is -0.143. The summed E-state index contributed by atoms with van der Waals surface area (Å²) >= 11 is 0. The second-order valence-electron chi connectivity index (χ2n) is 6.81. The molecular weight excluding hydrogens is 320 g/mol. The van der Waals surface area contributed by atoms with Gasteiger partial charge in [-0.05, 0) is 30.4 Å². The first kappa shape index (κ1) is 19.1. The maximum atomic E-state index is 12.6. The van der Waals surface area contributed by atoms with Gasteiger partial charge in [-0.1, -0.05) is 26.0 Å². The number of para-hydroxylation sites is 1. The minimum absolute atomic E-state index is 0.0144. The van der Waals surface area contributed by atoms with Crippen molar-refractivity contribution >= 4 is 17.6 Å². The summed E-state index contributed by atoms with van der Waals surface area (Å²) < 4.78 is 10.7. The zero-order chi connectivity index (χ0) is 18.4. The van der Waals surface area contributed by atoms with E-state index in [-0.39, 0.29) is 12.3 Å². The average Bonchev–Trinajstić information content (AvgIpc) is 2.58. The van der Waals surface area contributed by atoms with Gasteiger partial charge < -0.3 is 19.7 Å². The van der Waals surface area contributed by atoms with Gasteiger partial charge in [0.25, 0.3) is 0 Å². The van der Waals surface area contributed by atoms with Crippen molar-refractivity contribution < 1.29 is 19.1 Å². The molecule has 0 saturated heterocycles. The van der Waals surface area contributed by atoms with Crippen molar-refractivity contribution in [1.29, 1.82) is 0 Å². The van der Waals surface area contributed by atoms with E-state index in [1.165, 1.54) is 7.11 Å². The van der Waals surface area contributed by atoms with E-state index in [0.717, 1.165) is 29.8 Å². The zero-order valence-electron chi connectivity index (χ0n) is 15.5. The zero-order valence-corrected chi connectivity index (χ0v) is 15.5. The predicted molar refractivity (Wildman–Crippen MR) is 96.8 cm³/mol. The molecule has 1 aromatic carbocycles. The number of likely N-dealkylation sites (N-methyl/N-ethyl adjacent to an activating group) is 1. The third-order valence-electron chi connectivity index (χ3n) is 4.37. The number of rotatable bonds is 6. The van der Waals surface area contributed by atoms with Crippen LogP contribution in [0.1, 0.15) is 32.3 Å². The van der Waals surface area contributed by atoms with Crippen molar-refractivity contribution in [3.63, 3.8) is 0 Å². The first-order chi connectivity index (χ1) is 11.9. The predicted octanol–water partition coefficient (Wildman–Crippen LogP) is 2.47. The highest BCUT2D eigenvalue weighted by Crippen LogP contribution is 2.32. The summed E-state index contributed by atoms with van der Waals surface area (Å²) in [5.41, 5.74) is 1.89. The standard InChI is InChI=1S/C19H28N2O4/c1-13(2)9-11-25-16-7-5-6-14-8-10-21(3)19(23)15(20-18(14)16)12-17(22)24-4/h5-7,13,15,20H,8-12H2,1-4H3. The number of ether oxygens (including phenoxy) is 2. The van der Waals surface area contributed by atoms with Crippen molar-refractivity contribution in [2.45, 2.75) is 39.2 Å². The van der Waals surface area contributed by atoms with Crippen molar-refractivity contribution in [1.82, 2.24) is 4.90 Å². The molecule has 1 aliphatic rings. The number of benzene rings is 1. The van der Waals surface area contributed by atoms with E-state index in [0.29, 0.717) is 19.1 Å². The molecule has 1 heterocycles. The lowest BCUT2D eigenvalue weighted by Gasteiger charge is -2.30. The molecule has 1 unspecified atom stereocenters. The molecule has 1 N–H and O–H groups in total. The number of esters is 1. The Morgan fingerprint density at radius 2 is 2.16 bits per heavy atom. The van der Waals surface area contributed by atoms with Gasteiger partial charge in [-0.3, -0.25) is 9.59 Å². The quantitative estimate of drug-likeness (QED) is 0.800. The fraction of sp³-hybridized carbons (Fsp3) is 0.579. The number of carbonyl (C=O) groups excluding carboxylic acids is 2. The van der Waals surface area contributed by atoms with Crippen LogP contribution in [0.3, 0.4) is 0 Å². The van der Waals surface area contributed by atoms with Crippen LogP contribution in [0, 0.1) is 5.92 Å². The number of carbonyl (C=O) groups is 2. The molecule has 0 fully saturated rings. The molecule has 1 aromatic rings. The first-order valence-corrected chi connectivity index (χ1v) is 8.75. The van der Waals surface area contributed by atoms with E-state index in [9.17, 15) is 9.59 Å². The van der Waals surface area contributed by atoms with Gasteiger partial charge in [0.2, 0.25) is 5.91 Å². The molecule has 6 nitrogen and oxygen atoms in total. The van der Waals surface area contributed by atoms with Gasteiger partial charge in [0.1, 0.15) is 11.8 Å². The van der Waals surface area contributed by atoms with Gasteiger partial charge in [0.05, 0.1) is 25.8 Å². The first-order valence-electron chi connectivity index (χ1n) is 8.75. The minimum Gasteiger partial charge on any atom is -0.491 e. The van der Waals surface area contributed by atoms with Gasteiger partial charge in [-0.15, -0.1) is 0 Å². The Morgan fingerprint density at radius 3 is 2.84 bits per heavy atom. The third-order valence-corrected chi connectivity index (χ3v) is 4.37. The molecule has 0 radical (unpaired) electrons. The van der Waals surface area contributed by atoms with Crippen LogP contribution in [0.4, 0.5) is 5.69 Å². The normalized spacial score (nSPS) is 17.4. The van der Waals surface area contributed by atoms with Crippen molar-refractivity contribution in [2.24, 2.45) is 5.92 Å². The van der Waals surface area contributed by atoms with Gasteiger partial charge in [0.15, 0.2) is 0 Å². The van der Waals surface area contributed by atoms with Gasteiger partial charge >= 0.3 is 5.97 Å². The van der Waals surface area contributed by atoms with Crippen molar-refractivity contribution in [3.8, 4) is 5.75 Å². The van der Waals surface area contributed by atoms with Gasteiger partial charge in [-0.25, -0.2) is 0 Å². The largest absolute Gasteiger partial charge is 0.491 e. The molecule has 0 aromatic heterocycles. The van der Waals surface area contributed by atoms with E-state index in [2.05, 4.69) is 19.2 Å². The summed E-state index contributed by atoms with van der Waals surface area (Å²) in [6.45, 7) is 5.52. The molecule has 0 spiro atoms. The number of methoxy groups -OCH3 is 1. The molecular formula is C19H28N2O4. The Kier molecular flexibility index (Phi) is 6.67. The van der Waals surface area contributed by atoms with E-state index in [1.54, 1.807) is 11.9 Å². The molecule has 138 valence electrons. The van der Waals surface area contributed by atoms with E-state index in [1.807, 2.05) is 18.2 Å². The van der Waals surface area contributed by atoms with Gasteiger partial charge in [-0.2, -0.15) is 0 Å². The Bertz CT molecular complexity index is 615. The number of hydrogen-bond acceptors (Lipinski definition) is 5. The van der Waals surface area contributed by atoms with E-state index in [4.69, 9.17) is 9.47 Å². The van der Waals surface area contributed by atoms with Crippen molar-refractivity contribution in [3.05, 3.63) is 23.8 Å². The molecule has 1 amide bonds. The summed E-state index contributed by atoms with van der Waals surface area (Å²) in [7, 11) is 3.08. The van der Waals surface area contributed by atoms with Crippen LogP contribution < -0.4 is 10.1 Å². The highest BCUT2D eigenvalue weighted by atomic mass is 16.5. The Labute approximate surface area is 149 Å². The molecule has 0 aliphatic carbocycles. The van der Waals surface area contributed by atoms with Crippen LogP contribution in [0.15, 0.2) is 18.2 Å². The van der Waals surface area contributed by atoms with Crippen LogP contribution >= 0.6 is 0 Å². The maximum absolute atomic E-state index is 12.6. The number of hydrogen-bond donors (Lipinski definition) is 1. The average molecular weight is 348 g/mol. The number of nitrogens with zero attached hydrogens (tertiary/aromatic N) is 1. The van der Waals surface area contributed by atoms with E-state index >= 15 is 0 Å². The highest BCUT2D eigenvalue weighted by molar-refractivity contribution is 5.90. The van der Waals surface area contributed by atoms with E-state index < -0.39 is 12.0 Å². The minimum atomic E-state index is -0.661. The van der Waals surface area contributed by atoms with Crippen molar-refractivity contribution in [2.75, 3.05) is 32.6 Å². The van der Waals surface area contributed by atoms with Crippen LogP contribution in [0.2, 0.25) is 0 Å². The second-order valence-corrected chi connectivity index (χ2v) is 6.81. The fourth-order valence-corrected chi connectivity index (χ4v) is 2.76. The molecule has 2 rings (SSSR count). The molecule has 1 aliphatic heterocycles. The molecule has 0 saturated carbocycles. The molecule has 25 heavy (non-hydrogen) atoms. The molecule has 0 bridgehead atoms. The summed E-state index contributed by atoms with van der Waals surface area (Å²) in [4.78, 5) is 25.9. The third kappa shape index (κ3) is 5.11. The van der Waals surface area contributed by atoms with Crippen LogP contribution in [0.25, 0.3) is 0 Å². The second kappa shape index (κ2) is 8.74. The smallest absolute Gasteiger partial charge is 0.308 e. The SMILES string of the molecule is COC(=O)CC1Nc2c(cccc2OCCC(C)C)CCN(C)C1=O. The summed E-state index contributed by atoms with van der Waals surface area (Å²) in [6, 6.07) is 5.23. The van der Waals surface area contributed by atoms with Crippen LogP contribution in [-0.4, -0.2) is 50.1 Å². The fourth-order valence-electron chi connectivity index (χ4n) is 2.76. The number of fused-ring (bicyclic) bond motifs is 1. The maximum Gasteiger partial charge on any atom is 0.308 e. The molecule has 1 atom stereocenters. The monoisotopic (exact) mass is 348 g/mol. The number of nitrogens with one attached hydrogen (secondary N) is 1. The highest BCUT2D eigenvalue weighted by Gasteiger charge is 2.29. The molecule has 6 heteroatoms. The van der Waals surface area contributed by atoms with Gasteiger partial charge in [0, 0.05) is 13.6 Å². The summed E-state index contributed by atoms with van der Waals surface area (Å²) in [6.07, 6.45) is 1.67. The topological polar surface area (TPSA) is 67.9 Å². The lowest BCUT2D eigenvalue weighted by atomic mass is 10.0.